The second-order valence-electron chi connectivity index (χ2n) is 3.44. The van der Waals surface area contributed by atoms with Crippen LogP contribution in [0.25, 0.3) is 0 Å². The second kappa shape index (κ2) is 2.74. The van der Waals surface area contributed by atoms with Crippen molar-refractivity contribution >= 4 is 0 Å². The number of rotatable bonds is 1. The first-order valence-corrected chi connectivity index (χ1v) is 4.39. The van der Waals surface area contributed by atoms with Gasteiger partial charge in [0.1, 0.15) is 0 Å². The Balaban J connectivity index is 2.61. The first-order chi connectivity index (χ1) is 5.79. The zero-order valence-electron chi connectivity index (χ0n) is 7.21. The Labute approximate surface area is 72.1 Å². The predicted octanol–water partition coefficient (Wildman–Crippen LogP) is 2.23. The van der Waals surface area contributed by atoms with E-state index in [4.69, 9.17) is 0 Å². The molecule has 1 aliphatic carbocycles. The van der Waals surface area contributed by atoms with Crippen LogP contribution < -0.4 is 5.43 Å². The zero-order chi connectivity index (χ0) is 8.55. The third-order valence-electron chi connectivity index (χ3n) is 2.45. The smallest absolute Gasteiger partial charge is 0.181 e. The van der Waals surface area contributed by atoms with Gasteiger partial charge in [-0.3, -0.25) is 4.79 Å². The summed E-state index contributed by atoms with van der Waals surface area (Å²) in [6.45, 7) is 1.93. The molecule has 62 valence electrons. The lowest BCUT2D eigenvalue weighted by atomic mass is 10.1. The van der Waals surface area contributed by atoms with Crippen LogP contribution in [0.3, 0.4) is 0 Å². The molecule has 1 aromatic rings. The first kappa shape index (κ1) is 7.53. The van der Waals surface area contributed by atoms with E-state index in [0.29, 0.717) is 5.92 Å². The van der Waals surface area contributed by atoms with E-state index in [1.807, 2.05) is 19.1 Å². The molecule has 2 rings (SSSR count). The average Bonchev–Trinajstić information content (AvgIpc) is 2.84. The summed E-state index contributed by atoms with van der Waals surface area (Å²) in [4.78, 5) is 11.4. The van der Waals surface area contributed by atoms with Crippen LogP contribution in [0.4, 0.5) is 0 Å². The van der Waals surface area contributed by atoms with Crippen molar-refractivity contribution in [3.8, 4) is 0 Å². The Morgan fingerprint density at radius 3 is 2.58 bits per heavy atom. The van der Waals surface area contributed by atoms with Crippen molar-refractivity contribution in [3.05, 3.63) is 45.6 Å². The summed E-state index contributed by atoms with van der Waals surface area (Å²) in [6, 6.07) is 7.50. The molecule has 0 heterocycles. The van der Waals surface area contributed by atoms with E-state index in [1.54, 1.807) is 6.07 Å². The highest BCUT2D eigenvalue weighted by atomic mass is 16.1. The molecule has 1 heteroatoms. The van der Waals surface area contributed by atoms with Gasteiger partial charge >= 0.3 is 0 Å². The lowest BCUT2D eigenvalue weighted by molar-refractivity contribution is 1.10. The lowest BCUT2D eigenvalue weighted by Crippen LogP contribution is -2.01. The zero-order valence-corrected chi connectivity index (χ0v) is 7.21. The minimum atomic E-state index is 0.168. The van der Waals surface area contributed by atoms with E-state index in [2.05, 4.69) is 6.07 Å². The maximum absolute atomic E-state index is 11.4. The summed E-state index contributed by atoms with van der Waals surface area (Å²) in [5.41, 5.74) is 2.36. The van der Waals surface area contributed by atoms with Gasteiger partial charge in [-0.25, -0.2) is 0 Å². The van der Waals surface area contributed by atoms with Gasteiger partial charge in [0.05, 0.1) is 0 Å². The summed E-state index contributed by atoms with van der Waals surface area (Å²) in [5, 5.41) is 0. The van der Waals surface area contributed by atoms with Gasteiger partial charge in [0, 0.05) is 0 Å². The summed E-state index contributed by atoms with van der Waals surface area (Å²) >= 11 is 0. The van der Waals surface area contributed by atoms with E-state index in [9.17, 15) is 4.79 Å². The molecule has 0 bridgehead atoms. The fraction of sp³-hybridized carbons (Fsp3) is 0.364. The standard InChI is InChI=1S/C11H12O/c1-8-10(9-6-7-9)4-2-3-5-11(8)12/h2-5,9H,6-7H2,1H3. The quantitative estimate of drug-likeness (QED) is 0.615. The van der Waals surface area contributed by atoms with E-state index in [-0.39, 0.29) is 5.43 Å². The Hall–Kier alpha value is -1.11. The second-order valence-corrected chi connectivity index (χ2v) is 3.44. The van der Waals surface area contributed by atoms with E-state index < -0.39 is 0 Å². The molecule has 0 saturated heterocycles. The van der Waals surface area contributed by atoms with Gasteiger partial charge in [0.25, 0.3) is 0 Å². The Morgan fingerprint density at radius 2 is 1.92 bits per heavy atom. The van der Waals surface area contributed by atoms with Crippen molar-refractivity contribution in [2.45, 2.75) is 25.7 Å². The van der Waals surface area contributed by atoms with Gasteiger partial charge in [-0.1, -0.05) is 18.2 Å². The van der Waals surface area contributed by atoms with Crippen LogP contribution in [0.2, 0.25) is 0 Å². The van der Waals surface area contributed by atoms with Crippen molar-refractivity contribution in [3.63, 3.8) is 0 Å². The minimum Gasteiger partial charge on any atom is -0.290 e. The van der Waals surface area contributed by atoms with Gasteiger partial charge in [-0.2, -0.15) is 0 Å². The van der Waals surface area contributed by atoms with Crippen molar-refractivity contribution in [2.24, 2.45) is 0 Å². The largest absolute Gasteiger partial charge is 0.290 e. The van der Waals surface area contributed by atoms with Gasteiger partial charge in [0.2, 0.25) is 0 Å². The van der Waals surface area contributed by atoms with Crippen LogP contribution in [-0.4, -0.2) is 0 Å². The van der Waals surface area contributed by atoms with Crippen molar-refractivity contribution in [1.82, 2.24) is 0 Å². The Bertz CT molecular complexity index is 350. The van der Waals surface area contributed by atoms with Crippen molar-refractivity contribution in [1.29, 1.82) is 0 Å². The van der Waals surface area contributed by atoms with Gasteiger partial charge in [-0.05, 0) is 42.9 Å². The molecule has 0 N–H and O–H groups in total. The van der Waals surface area contributed by atoms with Crippen LogP contribution in [-0.2, 0) is 0 Å². The molecule has 0 spiro atoms. The monoisotopic (exact) mass is 160 g/mol. The van der Waals surface area contributed by atoms with Gasteiger partial charge in [0.15, 0.2) is 5.43 Å². The highest BCUT2D eigenvalue weighted by Gasteiger charge is 2.24. The lowest BCUT2D eigenvalue weighted by Gasteiger charge is -1.95. The molecule has 0 radical (unpaired) electrons. The molecular formula is C11H12O. The van der Waals surface area contributed by atoms with Crippen LogP contribution in [0.5, 0.6) is 0 Å². The molecule has 0 aromatic heterocycles. The molecule has 0 atom stereocenters. The maximum Gasteiger partial charge on any atom is 0.181 e. The van der Waals surface area contributed by atoms with E-state index in [0.717, 1.165) is 5.56 Å². The molecule has 1 aromatic carbocycles. The van der Waals surface area contributed by atoms with E-state index >= 15 is 0 Å². The normalized spacial score (nSPS) is 16.1. The van der Waals surface area contributed by atoms with Gasteiger partial charge < -0.3 is 0 Å². The molecule has 0 aliphatic heterocycles. The third kappa shape index (κ3) is 1.27. The van der Waals surface area contributed by atoms with Crippen LogP contribution >= 0.6 is 0 Å². The molecule has 1 fully saturated rings. The Morgan fingerprint density at radius 1 is 1.25 bits per heavy atom. The molecule has 1 aliphatic rings. The van der Waals surface area contributed by atoms with Crippen molar-refractivity contribution in [2.75, 3.05) is 0 Å². The first-order valence-electron chi connectivity index (χ1n) is 4.39. The molecule has 12 heavy (non-hydrogen) atoms. The molecule has 0 unspecified atom stereocenters. The third-order valence-corrected chi connectivity index (χ3v) is 2.45. The summed E-state index contributed by atoms with van der Waals surface area (Å²) < 4.78 is 0. The van der Waals surface area contributed by atoms with Crippen LogP contribution in [0.1, 0.15) is 29.9 Å². The molecule has 1 nitrogen and oxygen atoms in total. The molecule has 0 amide bonds. The topological polar surface area (TPSA) is 17.1 Å². The van der Waals surface area contributed by atoms with Crippen LogP contribution in [0.15, 0.2) is 29.1 Å². The highest BCUT2D eigenvalue weighted by Crippen LogP contribution is 2.40. The summed E-state index contributed by atoms with van der Waals surface area (Å²) in [7, 11) is 0. The van der Waals surface area contributed by atoms with E-state index in [1.165, 1.54) is 18.4 Å². The number of hydrogen-bond acceptors (Lipinski definition) is 1. The minimum absolute atomic E-state index is 0.168. The fourth-order valence-electron chi connectivity index (χ4n) is 1.53. The summed E-state index contributed by atoms with van der Waals surface area (Å²) in [6.07, 6.45) is 2.51. The maximum atomic E-state index is 11.4. The fourth-order valence-corrected chi connectivity index (χ4v) is 1.53. The SMILES string of the molecule is Cc1c(C2CC2)ccccc1=O. The van der Waals surface area contributed by atoms with Crippen molar-refractivity contribution < 1.29 is 0 Å². The van der Waals surface area contributed by atoms with Gasteiger partial charge in [-0.15, -0.1) is 0 Å². The Kier molecular flexibility index (Phi) is 1.72. The predicted molar refractivity (Wildman–Crippen MR) is 49.4 cm³/mol. The average molecular weight is 160 g/mol. The van der Waals surface area contributed by atoms with Crippen LogP contribution in [0, 0.1) is 6.92 Å². The molecule has 1 saturated carbocycles. The molecular weight excluding hydrogens is 148 g/mol. The summed E-state index contributed by atoms with van der Waals surface area (Å²) in [5.74, 6) is 0.671. The highest BCUT2D eigenvalue weighted by molar-refractivity contribution is 5.30. The number of hydrogen-bond donors (Lipinski definition) is 0.